The fourth-order valence-electron chi connectivity index (χ4n) is 1.28. The van der Waals surface area contributed by atoms with Crippen LogP contribution in [0.25, 0.3) is 0 Å². The van der Waals surface area contributed by atoms with Gasteiger partial charge < -0.3 is 15.8 Å². The van der Waals surface area contributed by atoms with Crippen molar-refractivity contribution in [2.45, 2.75) is 33.2 Å². The molecular formula is C12H17N3O4S. The van der Waals surface area contributed by atoms with Gasteiger partial charge in [-0.1, -0.05) is 11.3 Å². The molecule has 7 nitrogen and oxygen atoms in total. The Morgan fingerprint density at radius 3 is 2.45 bits per heavy atom. The predicted octanol–water partition coefficient (Wildman–Crippen LogP) is 1.20. The number of carbonyl (C=O) groups is 3. The number of ketones is 1. The first kappa shape index (κ1) is 16.1. The van der Waals surface area contributed by atoms with E-state index in [1.54, 1.807) is 20.8 Å². The van der Waals surface area contributed by atoms with Crippen LogP contribution < -0.4 is 11.1 Å². The molecule has 110 valence electrons. The Morgan fingerprint density at radius 2 is 2.00 bits per heavy atom. The number of thiazole rings is 1. The number of nitrogens with one attached hydrogen (secondary N) is 1. The summed E-state index contributed by atoms with van der Waals surface area (Å²) in [5.41, 5.74) is 4.15. The van der Waals surface area contributed by atoms with Crippen molar-refractivity contribution in [1.29, 1.82) is 0 Å². The molecule has 0 aliphatic carbocycles. The number of nitrogens with two attached hydrogens (primary N) is 1. The predicted molar refractivity (Wildman–Crippen MR) is 75.0 cm³/mol. The summed E-state index contributed by atoms with van der Waals surface area (Å²) in [6.45, 7) is 6.33. The van der Waals surface area contributed by atoms with Gasteiger partial charge in [0.2, 0.25) is 5.91 Å². The zero-order valence-corrected chi connectivity index (χ0v) is 12.6. The van der Waals surface area contributed by atoms with Crippen molar-refractivity contribution >= 4 is 34.1 Å². The third kappa shape index (κ3) is 3.53. The van der Waals surface area contributed by atoms with E-state index >= 15 is 0 Å². The number of primary amides is 1. The maximum atomic E-state index is 11.7. The summed E-state index contributed by atoms with van der Waals surface area (Å²) in [6.07, 6.45) is 0. The average molecular weight is 299 g/mol. The minimum absolute atomic E-state index is 0.0490. The highest BCUT2D eigenvalue weighted by atomic mass is 32.1. The second-order valence-electron chi connectivity index (χ2n) is 4.59. The molecule has 1 heterocycles. The molecule has 0 aromatic carbocycles. The number of Topliss-reactive ketones (excluding diaryl/α,β-unsaturated/α-hetero) is 1. The number of rotatable bonds is 6. The largest absolute Gasteiger partial charge is 0.461 e. The van der Waals surface area contributed by atoms with Crippen LogP contribution in [0.3, 0.4) is 0 Å². The number of nitrogens with zero attached hydrogens (tertiary/aromatic N) is 1. The lowest BCUT2D eigenvalue weighted by atomic mass is 10.1. The van der Waals surface area contributed by atoms with Gasteiger partial charge in [0.05, 0.1) is 6.61 Å². The smallest absolute Gasteiger partial charge is 0.358 e. The van der Waals surface area contributed by atoms with Gasteiger partial charge in [-0.05, 0) is 20.8 Å². The monoisotopic (exact) mass is 299 g/mol. The Bertz CT molecular complexity index is 551. The summed E-state index contributed by atoms with van der Waals surface area (Å²) in [5, 5.41) is 3.07. The number of anilines is 1. The van der Waals surface area contributed by atoms with Gasteiger partial charge >= 0.3 is 5.97 Å². The molecule has 1 rings (SSSR count). The Kier molecular flexibility index (Phi) is 4.83. The summed E-state index contributed by atoms with van der Waals surface area (Å²) in [4.78, 5) is 38.7. The zero-order valence-electron chi connectivity index (χ0n) is 11.8. The molecule has 20 heavy (non-hydrogen) atoms. The third-order valence-corrected chi connectivity index (χ3v) is 3.52. The summed E-state index contributed by atoms with van der Waals surface area (Å²) < 4.78 is 4.84. The summed E-state index contributed by atoms with van der Waals surface area (Å²) in [7, 11) is 0. The molecule has 8 heteroatoms. The van der Waals surface area contributed by atoms with E-state index in [9.17, 15) is 14.4 Å². The first-order chi connectivity index (χ1) is 9.19. The van der Waals surface area contributed by atoms with Crippen LogP contribution in [-0.2, 0) is 9.53 Å². The molecule has 0 atom stereocenters. The molecule has 0 radical (unpaired) electrons. The highest BCUT2D eigenvalue weighted by Crippen LogP contribution is 2.26. The number of ether oxygens (including phenoxy) is 1. The fraction of sp³-hybridized carbons (Fsp3) is 0.500. The van der Waals surface area contributed by atoms with Gasteiger partial charge in [0.25, 0.3) is 0 Å². The van der Waals surface area contributed by atoms with Crippen molar-refractivity contribution in [3.63, 3.8) is 0 Å². The minimum atomic E-state index is -1.04. The van der Waals surface area contributed by atoms with Crippen LogP contribution in [0.4, 0.5) is 5.13 Å². The molecule has 1 aromatic heterocycles. The van der Waals surface area contributed by atoms with Crippen molar-refractivity contribution in [2.24, 2.45) is 5.73 Å². The molecule has 0 bridgehead atoms. The van der Waals surface area contributed by atoms with Crippen LogP contribution in [0.1, 0.15) is 47.9 Å². The van der Waals surface area contributed by atoms with Crippen molar-refractivity contribution in [3.8, 4) is 0 Å². The number of aromatic nitrogens is 1. The van der Waals surface area contributed by atoms with Gasteiger partial charge in [-0.25, -0.2) is 9.78 Å². The standard InChI is InChI=1S/C12H17N3O4S/c1-5-19-9(17)7-8(6(2)16)20-11(14-7)15-12(3,4)10(13)18/h5H2,1-4H3,(H2,13,18)(H,14,15). The van der Waals surface area contributed by atoms with Crippen molar-refractivity contribution < 1.29 is 19.1 Å². The Balaban J connectivity index is 3.13. The van der Waals surface area contributed by atoms with E-state index in [-0.39, 0.29) is 28.1 Å². The maximum absolute atomic E-state index is 11.7. The molecule has 0 saturated carbocycles. The first-order valence-corrected chi connectivity index (χ1v) is 6.77. The Morgan fingerprint density at radius 1 is 1.40 bits per heavy atom. The van der Waals surface area contributed by atoms with Gasteiger partial charge in [-0.3, -0.25) is 9.59 Å². The van der Waals surface area contributed by atoms with E-state index < -0.39 is 17.4 Å². The van der Waals surface area contributed by atoms with Crippen LogP contribution >= 0.6 is 11.3 Å². The van der Waals surface area contributed by atoms with E-state index in [4.69, 9.17) is 10.5 Å². The average Bonchev–Trinajstić information content (AvgIpc) is 2.72. The summed E-state index contributed by atoms with van der Waals surface area (Å²) >= 11 is 0.986. The van der Waals surface area contributed by atoms with Crippen LogP contribution in [0, 0.1) is 0 Å². The van der Waals surface area contributed by atoms with Gasteiger partial charge in [-0.15, -0.1) is 0 Å². The van der Waals surface area contributed by atoms with Gasteiger partial charge in [-0.2, -0.15) is 0 Å². The molecule has 0 saturated heterocycles. The van der Waals surface area contributed by atoms with E-state index in [2.05, 4.69) is 10.3 Å². The van der Waals surface area contributed by atoms with Crippen LogP contribution in [-0.4, -0.2) is 34.8 Å². The number of carbonyl (C=O) groups excluding carboxylic acids is 3. The quantitative estimate of drug-likeness (QED) is 0.603. The number of hydrogen-bond acceptors (Lipinski definition) is 7. The highest BCUT2D eigenvalue weighted by Gasteiger charge is 2.28. The molecule has 0 fully saturated rings. The second-order valence-corrected chi connectivity index (χ2v) is 5.59. The van der Waals surface area contributed by atoms with E-state index in [0.717, 1.165) is 11.3 Å². The summed E-state index contributed by atoms with van der Waals surface area (Å²) in [6, 6.07) is 0. The SMILES string of the molecule is CCOC(=O)c1nc(NC(C)(C)C(N)=O)sc1C(C)=O. The van der Waals surface area contributed by atoms with Gasteiger partial charge in [0, 0.05) is 6.92 Å². The number of amides is 1. The van der Waals surface area contributed by atoms with E-state index in [0.29, 0.717) is 0 Å². The van der Waals surface area contributed by atoms with Crippen molar-refractivity contribution in [1.82, 2.24) is 4.98 Å². The fourth-order valence-corrected chi connectivity index (χ4v) is 2.28. The normalized spacial score (nSPS) is 11.0. The molecule has 0 aliphatic rings. The number of hydrogen-bond donors (Lipinski definition) is 2. The topological polar surface area (TPSA) is 111 Å². The van der Waals surface area contributed by atoms with E-state index in [1.807, 2.05) is 0 Å². The molecule has 3 N–H and O–H groups in total. The Hall–Kier alpha value is -1.96. The van der Waals surface area contributed by atoms with Crippen LogP contribution in [0.2, 0.25) is 0 Å². The first-order valence-electron chi connectivity index (χ1n) is 5.96. The Labute approximate surface area is 120 Å². The third-order valence-electron chi connectivity index (χ3n) is 2.45. The van der Waals surface area contributed by atoms with Crippen LogP contribution in [0.15, 0.2) is 0 Å². The van der Waals surface area contributed by atoms with Crippen molar-refractivity contribution in [3.05, 3.63) is 10.6 Å². The van der Waals surface area contributed by atoms with Gasteiger partial charge in [0.1, 0.15) is 10.4 Å². The van der Waals surface area contributed by atoms with E-state index in [1.165, 1.54) is 6.92 Å². The molecule has 1 amide bonds. The highest BCUT2D eigenvalue weighted by molar-refractivity contribution is 7.17. The minimum Gasteiger partial charge on any atom is -0.461 e. The lowest BCUT2D eigenvalue weighted by molar-refractivity contribution is -0.121. The zero-order chi connectivity index (χ0) is 15.5. The number of esters is 1. The molecule has 1 aromatic rings. The summed E-state index contributed by atoms with van der Waals surface area (Å²) in [5.74, 6) is -1.54. The molecular weight excluding hydrogens is 282 g/mol. The lowest BCUT2D eigenvalue weighted by Crippen LogP contribution is -2.45. The van der Waals surface area contributed by atoms with Gasteiger partial charge in [0.15, 0.2) is 16.6 Å². The lowest BCUT2D eigenvalue weighted by Gasteiger charge is -2.21. The maximum Gasteiger partial charge on any atom is 0.358 e. The van der Waals surface area contributed by atoms with Crippen LogP contribution in [0.5, 0.6) is 0 Å². The van der Waals surface area contributed by atoms with Crippen molar-refractivity contribution in [2.75, 3.05) is 11.9 Å². The second kappa shape index (κ2) is 6.00. The molecule has 0 spiro atoms. The molecule has 0 aliphatic heterocycles. The molecule has 0 unspecified atom stereocenters.